The van der Waals surface area contributed by atoms with Crippen molar-refractivity contribution in [3.05, 3.63) is 40.9 Å². The summed E-state index contributed by atoms with van der Waals surface area (Å²) in [6.45, 7) is 0. The average Bonchev–Trinajstić information content (AvgIpc) is 2.75. The van der Waals surface area contributed by atoms with Gasteiger partial charge in [0.2, 0.25) is 5.91 Å². The van der Waals surface area contributed by atoms with Crippen LogP contribution in [0.4, 0.5) is 0 Å². The van der Waals surface area contributed by atoms with Gasteiger partial charge in [0.25, 0.3) is 0 Å². The molecule has 2 aliphatic heterocycles. The molecule has 0 aliphatic carbocycles. The molecule has 0 radical (unpaired) electrons. The van der Waals surface area contributed by atoms with Crippen LogP contribution in [0.2, 0.25) is 5.02 Å². The van der Waals surface area contributed by atoms with Crippen molar-refractivity contribution >= 4 is 33.4 Å². The van der Waals surface area contributed by atoms with Gasteiger partial charge in [0, 0.05) is 29.4 Å². The fraction of sp³-hybridized carbons (Fsp3) is 0.471. The highest BCUT2D eigenvalue weighted by Crippen LogP contribution is 2.38. The summed E-state index contributed by atoms with van der Waals surface area (Å²) in [5, 5.41) is 0.360. The number of nitrogens with zero attached hydrogens (tertiary/aromatic N) is 1. The van der Waals surface area contributed by atoms with E-state index >= 15 is 0 Å². The second-order valence-electron chi connectivity index (χ2n) is 6.44. The minimum atomic E-state index is -3.03. The Hall–Kier alpha value is -1.33. The minimum absolute atomic E-state index is 0.0283. The standard InChI is InChI=1S/C17H20ClNO3S/c1-23(21,22)16-10-14-7-8-15(11-16)19(14)17(20)9-4-12-2-5-13(18)6-3-12/h2-6,9,14-16H,7-8,10-11H2,1H3/b9-4+. The Morgan fingerprint density at radius 3 is 2.26 bits per heavy atom. The molecule has 2 unspecified atom stereocenters. The van der Waals surface area contributed by atoms with Gasteiger partial charge in [-0.2, -0.15) is 0 Å². The van der Waals surface area contributed by atoms with Crippen LogP contribution in [0.25, 0.3) is 6.08 Å². The number of benzene rings is 1. The first-order valence-electron chi connectivity index (χ1n) is 7.79. The van der Waals surface area contributed by atoms with Gasteiger partial charge in [-0.25, -0.2) is 8.42 Å². The summed E-state index contributed by atoms with van der Waals surface area (Å²) < 4.78 is 23.6. The van der Waals surface area contributed by atoms with E-state index in [0.29, 0.717) is 17.9 Å². The van der Waals surface area contributed by atoms with Crippen LogP contribution in [0.3, 0.4) is 0 Å². The van der Waals surface area contributed by atoms with E-state index in [2.05, 4.69) is 0 Å². The lowest BCUT2D eigenvalue weighted by Gasteiger charge is -2.37. The average molecular weight is 354 g/mol. The van der Waals surface area contributed by atoms with Crippen LogP contribution in [-0.2, 0) is 14.6 Å². The van der Waals surface area contributed by atoms with Crippen LogP contribution in [0.5, 0.6) is 0 Å². The quantitative estimate of drug-likeness (QED) is 0.785. The fourth-order valence-electron chi connectivity index (χ4n) is 3.66. The van der Waals surface area contributed by atoms with Crippen LogP contribution in [0, 0.1) is 0 Å². The van der Waals surface area contributed by atoms with Crippen LogP contribution in [-0.4, -0.2) is 42.8 Å². The topological polar surface area (TPSA) is 54.5 Å². The van der Waals surface area contributed by atoms with E-state index in [4.69, 9.17) is 11.6 Å². The molecule has 0 saturated carbocycles. The predicted molar refractivity (Wildman–Crippen MR) is 92.0 cm³/mol. The molecule has 3 rings (SSSR count). The molecular formula is C17H20ClNO3S. The number of piperidine rings is 1. The Labute approximate surface area is 142 Å². The number of amides is 1. The molecule has 2 saturated heterocycles. The SMILES string of the molecule is CS(=O)(=O)C1CC2CCC(C1)N2C(=O)/C=C/c1ccc(Cl)cc1. The molecule has 6 heteroatoms. The maximum absolute atomic E-state index is 12.5. The van der Waals surface area contributed by atoms with E-state index in [1.54, 1.807) is 24.3 Å². The molecule has 124 valence electrons. The maximum atomic E-state index is 12.5. The van der Waals surface area contributed by atoms with Crippen molar-refractivity contribution < 1.29 is 13.2 Å². The summed E-state index contributed by atoms with van der Waals surface area (Å²) in [7, 11) is -3.03. The molecule has 0 N–H and O–H groups in total. The fourth-order valence-corrected chi connectivity index (χ4v) is 4.93. The summed E-state index contributed by atoms with van der Waals surface area (Å²) in [6, 6.07) is 7.39. The Balaban J connectivity index is 1.70. The number of sulfone groups is 1. The number of hydrogen-bond acceptors (Lipinski definition) is 3. The monoisotopic (exact) mass is 353 g/mol. The van der Waals surface area contributed by atoms with Crippen molar-refractivity contribution in [1.82, 2.24) is 4.90 Å². The first kappa shape index (κ1) is 16.5. The number of halogens is 1. The lowest BCUT2D eigenvalue weighted by molar-refractivity contribution is -0.130. The number of carbonyl (C=O) groups is 1. The molecule has 2 fully saturated rings. The Morgan fingerprint density at radius 2 is 1.74 bits per heavy atom. The third-order valence-corrected chi connectivity index (χ3v) is 6.69. The van der Waals surface area contributed by atoms with E-state index < -0.39 is 9.84 Å². The van der Waals surface area contributed by atoms with Gasteiger partial charge in [-0.15, -0.1) is 0 Å². The van der Waals surface area contributed by atoms with Crippen molar-refractivity contribution in [1.29, 1.82) is 0 Å². The molecule has 1 aromatic rings. The summed E-state index contributed by atoms with van der Waals surface area (Å²) in [5.74, 6) is -0.0283. The molecule has 1 aromatic carbocycles. The van der Waals surface area contributed by atoms with Gasteiger partial charge >= 0.3 is 0 Å². The third kappa shape index (κ3) is 3.61. The number of fused-ring (bicyclic) bond motifs is 2. The second-order valence-corrected chi connectivity index (χ2v) is 9.20. The highest BCUT2D eigenvalue weighted by atomic mass is 35.5. The van der Waals surface area contributed by atoms with Crippen molar-refractivity contribution in [3.63, 3.8) is 0 Å². The summed E-state index contributed by atoms with van der Waals surface area (Å²) >= 11 is 5.84. The molecule has 2 bridgehead atoms. The normalized spacial score (nSPS) is 27.6. The van der Waals surface area contributed by atoms with Gasteiger partial charge in [-0.05, 0) is 49.5 Å². The first-order chi connectivity index (χ1) is 10.8. The molecule has 0 aromatic heterocycles. The van der Waals surface area contributed by atoms with Gasteiger partial charge in [-0.1, -0.05) is 23.7 Å². The largest absolute Gasteiger partial charge is 0.333 e. The highest BCUT2D eigenvalue weighted by Gasteiger charge is 2.45. The van der Waals surface area contributed by atoms with Crippen LogP contribution < -0.4 is 0 Å². The molecule has 0 spiro atoms. The molecule has 23 heavy (non-hydrogen) atoms. The van der Waals surface area contributed by atoms with E-state index in [1.165, 1.54) is 6.26 Å². The van der Waals surface area contributed by atoms with Gasteiger partial charge in [-0.3, -0.25) is 4.79 Å². The van der Waals surface area contributed by atoms with Gasteiger partial charge < -0.3 is 4.90 Å². The van der Waals surface area contributed by atoms with E-state index in [0.717, 1.165) is 18.4 Å². The summed E-state index contributed by atoms with van der Waals surface area (Å²) in [6.07, 6.45) is 7.59. The van der Waals surface area contributed by atoms with Crippen molar-refractivity contribution in [2.45, 2.75) is 43.0 Å². The Morgan fingerprint density at radius 1 is 1.17 bits per heavy atom. The summed E-state index contributed by atoms with van der Waals surface area (Å²) in [5.41, 5.74) is 0.918. The molecule has 1 amide bonds. The minimum Gasteiger partial charge on any atom is -0.333 e. The molecule has 2 atom stereocenters. The van der Waals surface area contributed by atoms with E-state index in [9.17, 15) is 13.2 Å². The van der Waals surface area contributed by atoms with Crippen molar-refractivity contribution in [2.75, 3.05) is 6.26 Å². The number of carbonyl (C=O) groups excluding carboxylic acids is 1. The second kappa shape index (κ2) is 6.29. The van der Waals surface area contributed by atoms with E-state index in [-0.39, 0.29) is 23.2 Å². The Kier molecular flexibility index (Phi) is 4.52. The number of hydrogen-bond donors (Lipinski definition) is 0. The van der Waals surface area contributed by atoms with Crippen LogP contribution in [0.1, 0.15) is 31.2 Å². The molecule has 4 nitrogen and oxygen atoms in total. The van der Waals surface area contributed by atoms with Crippen LogP contribution >= 0.6 is 11.6 Å². The van der Waals surface area contributed by atoms with Crippen LogP contribution in [0.15, 0.2) is 30.3 Å². The zero-order chi connectivity index (χ0) is 16.6. The zero-order valence-electron chi connectivity index (χ0n) is 13.0. The predicted octanol–water partition coefficient (Wildman–Crippen LogP) is 2.92. The Bertz CT molecular complexity index is 713. The van der Waals surface area contributed by atoms with Crippen molar-refractivity contribution in [2.24, 2.45) is 0 Å². The van der Waals surface area contributed by atoms with Gasteiger partial charge in [0.15, 0.2) is 0 Å². The smallest absolute Gasteiger partial charge is 0.247 e. The maximum Gasteiger partial charge on any atom is 0.247 e. The zero-order valence-corrected chi connectivity index (χ0v) is 14.6. The molecular weight excluding hydrogens is 334 g/mol. The van der Waals surface area contributed by atoms with Gasteiger partial charge in [0.1, 0.15) is 9.84 Å². The lowest BCUT2D eigenvalue weighted by atomic mass is 10.0. The van der Waals surface area contributed by atoms with E-state index in [1.807, 2.05) is 17.0 Å². The number of rotatable bonds is 3. The molecule has 2 heterocycles. The third-order valence-electron chi connectivity index (χ3n) is 4.84. The van der Waals surface area contributed by atoms with Crippen molar-refractivity contribution in [3.8, 4) is 0 Å². The van der Waals surface area contributed by atoms with Gasteiger partial charge in [0.05, 0.1) is 5.25 Å². The first-order valence-corrected chi connectivity index (χ1v) is 10.1. The summed E-state index contributed by atoms with van der Waals surface area (Å²) in [4.78, 5) is 14.4. The molecule has 2 aliphatic rings. The highest BCUT2D eigenvalue weighted by molar-refractivity contribution is 7.91. The lowest BCUT2D eigenvalue weighted by Crippen LogP contribution is -2.49.